The van der Waals surface area contributed by atoms with Gasteiger partial charge in [0, 0.05) is 11.6 Å². The molecular weight excluding hydrogens is 359 g/mol. The van der Waals surface area contributed by atoms with Crippen molar-refractivity contribution in [2.45, 2.75) is 32.1 Å². The molecule has 1 unspecified atom stereocenters. The van der Waals surface area contributed by atoms with E-state index in [0.717, 1.165) is 42.9 Å². The number of benzene rings is 2. The van der Waals surface area contributed by atoms with Crippen LogP contribution in [0, 0.1) is 0 Å². The third-order valence-electron chi connectivity index (χ3n) is 4.39. The van der Waals surface area contributed by atoms with Crippen LogP contribution in [-0.4, -0.2) is 22.3 Å². The molecule has 1 aliphatic rings. The molecule has 0 N–H and O–H groups in total. The van der Waals surface area contributed by atoms with E-state index in [4.69, 9.17) is 37.7 Å². The molecule has 2 heterocycles. The van der Waals surface area contributed by atoms with E-state index in [9.17, 15) is 0 Å². The summed E-state index contributed by atoms with van der Waals surface area (Å²) >= 11 is 12.1. The number of rotatable bonds is 5. The molecular formula is C19H18Cl2N2O2. The molecule has 1 atom stereocenters. The van der Waals surface area contributed by atoms with Gasteiger partial charge in [0.2, 0.25) is 0 Å². The second-order valence-electron chi connectivity index (χ2n) is 6.13. The number of halogens is 2. The van der Waals surface area contributed by atoms with Crippen LogP contribution in [0.4, 0.5) is 0 Å². The van der Waals surface area contributed by atoms with Crippen molar-refractivity contribution in [3.05, 3.63) is 58.3 Å². The van der Waals surface area contributed by atoms with E-state index in [2.05, 4.69) is 10.6 Å². The molecule has 2 aromatic carbocycles. The number of hydrogen-bond donors (Lipinski definition) is 0. The van der Waals surface area contributed by atoms with Crippen LogP contribution in [-0.2, 0) is 17.9 Å². The van der Waals surface area contributed by atoms with Crippen LogP contribution in [0.2, 0.25) is 10.0 Å². The van der Waals surface area contributed by atoms with Crippen LogP contribution in [0.25, 0.3) is 11.0 Å². The van der Waals surface area contributed by atoms with Crippen LogP contribution < -0.4 is 4.74 Å². The highest BCUT2D eigenvalue weighted by Gasteiger charge is 2.20. The highest BCUT2D eigenvalue weighted by Crippen LogP contribution is 2.29. The van der Waals surface area contributed by atoms with E-state index in [1.165, 1.54) is 0 Å². The first-order valence-corrected chi connectivity index (χ1v) is 9.10. The monoisotopic (exact) mass is 376 g/mol. The molecule has 0 amide bonds. The fraction of sp³-hybridized carbons (Fsp3) is 0.316. The molecule has 0 aliphatic carbocycles. The average molecular weight is 377 g/mol. The van der Waals surface area contributed by atoms with Gasteiger partial charge in [0.15, 0.2) is 0 Å². The van der Waals surface area contributed by atoms with Gasteiger partial charge >= 0.3 is 0 Å². The van der Waals surface area contributed by atoms with Crippen LogP contribution >= 0.6 is 23.2 Å². The number of para-hydroxylation sites is 2. The maximum Gasteiger partial charge on any atom is 0.148 e. The van der Waals surface area contributed by atoms with Gasteiger partial charge in [-0.3, -0.25) is 0 Å². The van der Waals surface area contributed by atoms with Gasteiger partial charge in [-0.1, -0.05) is 35.3 Å². The summed E-state index contributed by atoms with van der Waals surface area (Å²) in [5.74, 6) is 1.46. The molecule has 4 nitrogen and oxygen atoms in total. The fourth-order valence-electron chi connectivity index (χ4n) is 3.17. The van der Waals surface area contributed by atoms with E-state index in [1.807, 2.05) is 18.2 Å². The first-order chi connectivity index (χ1) is 12.2. The summed E-state index contributed by atoms with van der Waals surface area (Å²) in [5, 5.41) is 1.08. The summed E-state index contributed by atoms with van der Waals surface area (Å²) in [7, 11) is 0. The Balaban J connectivity index is 1.61. The Hall–Kier alpha value is -1.75. The van der Waals surface area contributed by atoms with Crippen LogP contribution in [0.15, 0.2) is 42.5 Å². The largest absolute Gasteiger partial charge is 0.484 e. The van der Waals surface area contributed by atoms with Crippen molar-refractivity contribution in [3.63, 3.8) is 0 Å². The Bertz CT molecular complexity index is 888. The Labute approximate surface area is 156 Å². The van der Waals surface area contributed by atoms with Crippen LogP contribution in [0.5, 0.6) is 5.75 Å². The van der Waals surface area contributed by atoms with Gasteiger partial charge in [-0.15, -0.1) is 0 Å². The summed E-state index contributed by atoms with van der Waals surface area (Å²) in [6, 6.07) is 13.3. The van der Waals surface area contributed by atoms with E-state index < -0.39 is 0 Å². The van der Waals surface area contributed by atoms with E-state index in [-0.39, 0.29) is 6.10 Å². The molecule has 0 spiro atoms. The zero-order valence-corrected chi connectivity index (χ0v) is 15.1. The van der Waals surface area contributed by atoms with Crippen LogP contribution in [0.3, 0.4) is 0 Å². The van der Waals surface area contributed by atoms with Gasteiger partial charge in [0.1, 0.15) is 18.2 Å². The Kier molecular flexibility index (Phi) is 4.84. The minimum atomic E-state index is 0.232. The molecule has 0 saturated carbocycles. The maximum absolute atomic E-state index is 6.20. The molecule has 4 rings (SSSR count). The lowest BCUT2D eigenvalue weighted by molar-refractivity contribution is 0.0963. The quantitative estimate of drug-likeness (QED) is 0.621. The zero-order chi connectivity index (χ0) is 17.2. The van der Waals surface area contributed by atoms with Gasteiger partial charge in [0.05, 0.1) is 28.7 Å². The number of imidazole rings is 1. The normalized spacial score (nSPS) is 17.3. The summed E-state index contributed by atoms with van der Waals surface area (Å²) < 4.78 is 13.9. The topological polar surface area (TPSA) is 36.3 Å². The van der Waals surface area contributed by atoms with Crippen molar-refractivity contribution in [2.24, 2.45) is 0 Å². The lowest BCUT2D eigenvalue weighted by Crippen LogP contribution is -2.18. The van der Waals surface area contributed by atoms with Crippen LogP contribution in [0.1, 0.15) is 18.7 Å². The van der Waals surface area contributed by atoms with E-state index >= 15 is 0 Å². The predicted octanol–water partition coefficient (Wildman–Crippen LogP) is 5.10. The number of aromatic nitrogens is 2. The van der Waals surface area contributed by atoms with Crippen molar-refractivity contribution in [2.75, 3.05) is 6.61 Å². The number of hydrogen-bond acceptors (Lipinski definition) is 3. The second kappa shape index (κ2) is 7.24. The lowest BCUT2D eigenvalue weighted by atomic mass is 10.2. The highest BCUT2D eigenvalue weighted by molar-refractivity contribution is 6.35. The fourth-order valence-corrected chi connectivity index (χ4v) is 3.63. The Morgan fingerprint density at radius 2 is 2.08 bits per heavy atom. The Morgan fingerprint density at radius 3 is 2.88 bits per heavy atom. The minimum Gasteiger partial charge on any atom is -0.484 e. The zero-order valence-electron chi connectivity index (χ0n) is 13.6. The molecule has 0 bridgehead atoms. The molecule has 6 heteroatoms. The first kappa shape index (κ1) is 16.7. The molecule has 1 aliphatic heterocycles. The summed E-state index contributed by atoms with van der Waals surface area (Å²) in [6.45, 7) is 1.96. The number of nitrogens with zero attached hydrogens (tertiary/aromatic N) is 2. The molecule has 1 aromatic heterocycles. The van der Waals surface area contributed by atoms with Crippen molar-refractivity contribution in [3.8, 4) is 5.75 Å². The highest BCUT2D eigenvalue weighted by atomic mass is 35.5. The van der Waals surface area contributed by atoms with Gasteiger partial charge in [-0.2, -0.15) is 0 Å². The molecule has 3 aromatic rings. The molecule has 130 valence electrons. The summed E-state index contributed by atoms with van der Waals surface area (Å²) in [6.07, 6.45) is 2.43. The lowest BCUT2D eigenvalue weighted by Gasteiger charge is -2.15. The third kappa shape index (κ3) is 3.61. The van der Waals surface area contributed by atoms with E-state index in [0.29, 0.717) is 22.4 Å². The number of fused-ring (bicyclic) bond motifs is 1. The molecule has 0 radical (unpaired) electrons. The third-order valence-corrected chi connectivity index (χ3v) is 4.92. The van der Waals surface area contributed by atoms with Crippen molar-refractivity contribution in [1.29, 1.82) is 0 Å². The van der Waals surface area contributed by atoms with Gasteiger partial charge < -0.3 is 14.0 Å². The van der Waals surface area contributed by atoms with Crippen molar-refractivity contribution in [1.82, 2.24) is 9.55 Å². The minimum absolute atomic E-state index is 0.232. The molecule has 1 fully saturated rings. The van der Waals surface area contributed by atoms with Gasteiger partial charge in [0.25, 0.3) is 0 Å². The molecule has 1 saturated heterocycles. The SMILES string of the molecule is Clc1ccc(OCc2nc3ccccc3n2CC2CCCO2)c(Cl)c1. The second-order valence-corrected chi connectivity index (χ2v) is 6.97. The standard InChI is InChI=1S/C19H18Cl2N2O2/c20-13-7-8-18(15(21)10-13)25-12-19-22-16-5-1-2-6-17(16)23(19)11-14-4-3-9-24-14/h1-2,5-8,10,14H,3-4,9,11-12H2. The van der Waals surface area contributed by atoms with Gasteiger partial charge in [-0.25, -0.2) is 4.98 Å². The first-order valence-electron chi connectivity index (χ1n) is 8.34. The van der Waals surface area contributed by atoms with Crippen molar-refractivity contribution < 1.29 is 9.47 Å². The summed E-state index contributed by atoms with van der Waals surface area (Å²) in [5.41, 5.74) is 2.06. The number of ether oxygens (including phenoxy) is 2. The maximum atomic E-state index is 6.20. The Morgan fingerprint density at radius 1 is 1.20 bits per heavy atom. The average Bonchev–Trinajstić information content (AvgIpc) is 3.23. The molecule has 25 heavy (non-hydrogen) atoms. The van der Waals surface area contributed by atoms with Crippen molar-refractivity contribution >= 4 is 34.2 Å². The van der Waals surface area contributed by atoms with E-state index in [1.54, 1.807) is 18.2 Å². The van der Waals surface area contributed by atoms with Gasteiger partial charge in [-0.05, 0) is 43.2 Å². The summed E-state index contributed by atoms with van der Waals surface area (Å²) in [4.78, 5) is 4.73. The predicted molar refractivity (Wildman–Crippen MR) is 99.5 cm³/mol. The smallest absolute Gasteiger partial charge is 0.148 e.